The van der Waals surface area contributed by atoms with E-state index in [0.717, 1.165) is 0 Å². The first-order valence-corrected chi connectivity index (χ1v) is 5.41. The van der Waals surface area contributed by atoms with Crippen molar-refractivity contribution < 1.29 is 19.4 Å². The Hall–Kier alpha value is -1.79. The van der Waals surface area contributed by atoms with Crippen LogP contribution in [0.4, 0.5) is 5.69 Å². The number of methoxy groups -OCH3 is 2. The number of aliphatic hydroxyl groups is 1. The number of amides is 1. The summed E-state index contributed by atoms with van der Waals surface area (Å²) in [5, 5.41) is 8.89. The molecule has 1 atom stereocenters. The quantitative estimate of drug-likeness (QED) is 0.771. The smallest absolute Gasteiger partial charge is 0.246 e. The molecule has 0 bridgehead atoms. The minimum atomic E-state index is -0.943. The second-order valence-corrected chi connectivity index (χ2v) is 3.72. The number of carbonyl (C=O) groups is 1. The van der Waals surface area contributed by atoms with Crippen LogP contribution in [0.25, 0.3) is 0 Å². The number of aliphatic hydroxyl groups excluding tert-OH is 1. The van der Waals surface area contributed by atoms with Crippen LogP contribution in [0.3, 0.4) is 0 Å². The molecule has 18 heavy (non-hydrogen) atoms. The Morgan fingerprint density at radius 1 is 1.44 bits per heavy atom. The summed E-state index contributed by atoms with van der Waals surface area (Å²) < 4.78 is 10.3. The van der Waals surface area contributed by atoms with Crippen LogP contribution in [0.5, 0.6) is 11.5 Å². The van der Waals surface area contributed by atoms with Crippen molar-refractivity contribution in [2.75, 3.05) is 32.8 Å². The van der Waals surface area contributed by atoms with Crippen LogP contribution in [0.1, 0.15) is 0 Å². The van der Waals surface area contributed by atoms with E-state index >= 15 is 0 Å². The summed E-state index contributed by atoms with van der Waals surface area (Å²) in [6, 6.07) is 4.14. The largest absolute Gasteiger partial charge is 0.497 e. The minimum absolute atomic E-state index is 0.388. The van der Waals surface area contributed by atoms with Crippen molar-refractivity contribution in [1.29, 1.82) is 0 Å². The molecule has 0 spiro atoms. The lowest BCUT2D eigenvalue weighted by molar-refractivity contribution is -0.120. The zero-order valence-electron chi connectivity index (χ0n) is 10.7. The standard InChI is InChI=1S/C12H18N2O4/c1-14(12(16)9(13)7-15)10-5-4-8(17-2)6-11(10)18-3/h4-6,9,15H,7,13H2,1-3H3. The summed E-state index contributed by atoms with van der Waals surface area (Å²) in [7, 11) is 4.62. The van der Waals surface area contributed by atoms with Gasteiger partial charge < -0.3 is 25.2 Å². The Labute approximate surface area is 106 Å². The van der Waals surface area contributed by atoms with E-state index in [0.29, 0.717) is 17.2 Å². The number of carbonyl (C=O) groups excluding carboxylic acids is 1. The van der Waals surface area contributed by atoms with Crippen LogP contribution in [0.2, 0.25) is 0 Å². The minimum Gasteiger partial charge on any atom is -0.497 e. The summed E-state index contributed by atoms with van der Waals surface area (Å²) in [4.78, 5) is 13.2. The van der Waals surface area contributed by atoms with E-state index in [1.54, 1.807) is 32.4 Å². The monoisotopic (exact) mass is 254 g/mol. The molecule has 0 aliphatic carbocycles. The van der Waals surface area contributed by atoms with Crippen molar-refractivity contribution in [3.8, 4) is 11.5 Å². The molecular formula is C12H18N2O4. The Kier molecular flexibility index (Phi) is 4.94. The summed E-state index contributed by atoms with van der Waals surface area (Å²) in [5.41, 5.74) is 6.06. The van der Waals surface area contributed by atoms with E-state index < -0.39 is 12.6 Å². The number of likely N-dealkylation sites (N-methyl/N-ethyl adjacent to an activating group) is 1. The number of hydrogen-bond donors (Lipinski definition) is 2. The molecule has 6 heteroatoms. The van der Waals surface area contributed by atoms with Gasteiger partial charge in [-0.25, -0.2) is 0 Å². The molecule has 1 rings (SSSR count). The van der Waals surface area contributed by atoms with Crippen LogP contribution < -0.4 is 20.1 Å². The number of nitrogens with two attached hydrogens (primary N) is 1. The molecule has 0 aromatic heterocycles. The normalized spacial score (nSPS) is 11.8. The SMILES string of the molecule is COc1ccc(N(C)C(=O)C(N)CO)c(OC)c1. The molecule has 1 aromatic rings. The van der Waals surface area contributed by atoms with Gasteiger partial charge in [-0.05, 0) is 12.1 Å². The molecule has 0 saturated carbocycles. The van der Waals surface area contributed by atoms with Crippen molar-refractivity contribution >= 4 is 11.6 Å². The van der Waals surface area contributed by atoms with Gasteiger partial charge in [-0.3, -0.25) is 4.79 Å². The Morgan fingerprint density at radius 2 is 2.11 bits per heavy atom. The molecule has 0 radical (unpaired) electrons. The zero-order valence-corrected chi connectivity index (χ0v) is 10.7. The third kappa shape index (κ3) is 2.91. The number of nitrogens with zero attached hydrogens (tertiary/aromatic N) is 1. The molecule has 0 saturated heterocycles. The van der Waals surface area contributed by atoms with Crippen LogP contribution in [0, 0.1) is 0 Å². The van der Waals surface area contributed by atoms with Gasteiger partial charge in [0.15, 0.2) is 0 Å². The molecule has 3 N–H and O–H groups in total. The maximum absolute atomic E-state index is 11.9. The lowest BCUT2D eigenvalue weighted by atomic mass is 10.2. The van der Waals surface area contributed by atoms with Crippen LogP contribution in [-0.4, -0.2) is 44.9 Å². The molecule has 6 nitrogen and oxygen atoms in total. The van der Waals surface area contributed by atoms with Gasteiger partial charge in [0.05, 0.1) is 26.5 Å². The molecule has 1 aromatic carbocycles. The Balaban J connectivity index is 3.05. The molecule has 0 fully saturated rings. The fraction of sp³-hybridized carbons (Fsp3) is 0.417. The van der Waals surface area contributed by atoms with Crippen LogP contribution in [0.15, 0.2) is 18.2 Å². The van der Waals surface area contributed by atoms with E-state index in [2.05, 4.69) is 0 Å². The first-order valence-electron chi connectivity index (χ1n) is 5.41. The number of ether oxygens (including phenoxy) is 2. The lowest BCUT2D eigenvalue weighted by Gasteiger charge is -2.22. The maximum Gasteiger partial charge on any atom is 0.246 e. The van der Waals surface area contributed by atoms with Crippen molar-refractivity contribution in [3.05, 3.63) is 18.2 Å². The Morgan fingerprint density at radius 3 is 2.61 bits per heavy atom. The Bertz CT molecular complexity index is 423. The van der Waals surface area contributed by atoms with Gasteiger partial charge in [0, 0.05) is 13.1 Å². The number of rotatable bonds is 5. The highest BCUT2D eigenvalue weighted by Gasteiger charge is 2.21. The topological polar surface area (TPSA) is 85.0 Å². The summed E-state index contributed by atoms with van der Waals surface area (Å²) >= 11 is 0. The highest BCUT2D eigenvalue weighted by atomic mass is 16.5. The molecule has 0 aliphatic rings. The van der Waals surface area contributed by atoms with E-state index in [4.69, 9.17) is 20.3 Å². The van der Waals surface area contributed by atoms with Crippen molar-refractivity contribution in [2.24, 2.45) is 5.73 Å². The predicted molar refractivity (Wildman–Crippen MR) is 68.0 cm³/mol. The molecule has 100 valence electrons. The number of hydrogen-bond acceptors (Lipinski definition) is 5. The van der Waals surface area contributed by atoms with Crippen LogP contribution in [-0.2, 0) is 4.79 Å². The van der Waals surface area contributed by atoms with Gasteiger partial charge in [-0.15, -0.1) is 0 Å². The van der Waals surface area contributed by atoms with E-state index in [1.807, 2.05) is 0 Å². The molecule has 0 aliphatic heterocycles. The van der Waals surface area contributed by atoms with Gasteiger partial charge in [-0.2, -0.15) is 0 Å². The van der Waals surface area contributed by atoms with Crippen molar-refractivity contribution in [3.63, 3.8) is 0 Å². The first kappa shape index (κ1) is 14.3. The van der Waals surface area contributed by atoms with Crippen LogP contribution >= 0.6 is 0 Å². The molecule has 0 heterocycles. The highest BCUT2D eigenvalue weighted by Crippen LogP contribution is 2.31. The van der Waals surface area contributed by atoms with Gasteiger partial charge in [0.2, 0.25) is 5.91 Å². The van der Waals surface area contributed by atoms with Crippen molar-refractivity contribution in [1.82, 2.24) is 0 Å². The highest BCUT2D eigenvalue weighted by molar-refractivity contribution is 5.98. The average molecular weight is 254 g/mol. The number of anilines is 1. The second-order valence-electron chi connectivity index (χ2n) is 3.72. The lowest BCUT2D eigenvalue weighted by Crippen LogP contribution is -2.44. The fourth-order valence-electron chi connectivity index (χ4n) is 1.51. The van der Waals surface area contributed by atoms with E-state index in [-0.39, 0.29) is 5.91 Å². The van der Waals surface area contributed by atoms with Gasteiger partial charge in [0.1, 0.15) is 17.5 Å². The van der Waals surface area contributed by atoms with Crippen molar-refractivity contribution in [2.45, 2.75) is 6.04 Å². The number of benzene rings is 1. The first-order chi connectivity index (χ1) is 8.54. The van der Waals surface area contributed by atoms with E-state index in [9.17, 15) is 4.79 Å². The summed E-state index contributed by atoms with van der Waals surface area (Å²) in [6.45, 7) is -0.401. The molecule has 1 amide bonds. The van der Waals surface area contributed by atoms with Gasteiger partial charge in [-0.1, -0.05) is 0 Å². The third-order valence-electron chi connectivity index (χ3n) is 2.59. The third-order valence-corrected chi connectivity index (χ3v) is 2.59. The predicted octanol–water partition coefficient (Wildman–Crippen LogP) is -0.0138. The summed E-state index contributed by atoms with van der Waals surface area (Å²) in [5.74, 6) is 0.735. The van der Waals surface area contributed by atoms with E-state index in [1.165, 1.54) is 12.0 Å². The fourth-order valence-corrected chi connectivity index (χ4v) is 1.51. The summed E-state index contributed by atoms with van der Waals surface area (Å²) in [6.07, 6.45) is 0. The molecular weight excluding hydrogens is 236 g/mol. The average Bonchev–Trinajstić information content (AvgIpc) is 2.43. The molecule has 1 unspecified atom stereocenters. The van der Waals surface area contributed by atoms with Gasteiger partial charge >= 0.3 is 0 Å². The second kappa shape index (κ2) is 6.23. The van der Waals surface area contributed by atoms with Gasteiger partial charge in [0.25, 0.3) is 0 Å². The maximum atomic E-state index is 11.9. The zero-order chi connectivity index (χ0) is 13.7.